The number of hydrogen-bond acceptors (Lipinski definition) is 3. The lowest BCUT2D eigenvalue weighted by Crippen LogP contribution is -2.02. The zero-order valence-corrected chi connectivity index (χ0v) is 37.3. The van der Waals surface area contributed by atoms with Crippen LogP contribution in [0.5, 0.6) is 0 Å². The number of nitrogens with zero attached hydrogens (tertiary/aromatic N) is 3. The Bertz CT molecular complexity index is 3740. The fourth-order valence-corrected chi connectivity index (χ4v) is 8.46. The van der Waals surface area contributed by atoms with Gasteiger partial charge in [-0.05, 0) is 154 Å². The van der Waals surface area contributed by atoms with Crippen molar-refractivity contribution < 1.29 is 16.4 Å². The molecule has 0 aliphatic heterocycles. The zero-order chi connectivity index (χ0) is 56.5. The molecule has 0 saturated heterocycles. The van der Waals surface area contributed by atoms with Crippen LogP contribution in [0, 0.1) is 13.7 Å². The summed E-state index contributed by atoms with van der Waals surface area (Å²) in [6.07, 6.45) is -2.74. The van der Waals surface area contributed by atoms with Crippen molar-refractivity contribution in [2.75, 3.05) is 0 Å². The van der Waals surface area contributed by atoms with Gasteiger partial charge in [0, 0.05) is 51.7 Å². The first-order valence-electron chi connectivity index (χ1n) is 28.7. The normalized spacial score (nSPS) is 14.8. The van der Waals surface area contributed by atoms with Crippen LogP contribution in [-0.2, 0) is 38.4 Å². The lowest BCUT2D eigenvalue weighted by Gasteiger charge is -2.17. The maximum atomic E-state index is 9.98. The molecule has 0 N–H and O–H groups in total. The van der Waals surface area contributed by atoms with Crippen LogP contribution in [-0.4, -0.2) is 15.0 Å². The van der Waals surface area contributed by atoms with E-state index in [9.17, 15) is 8.22 Å². The first-order valence-corrected chi connectivity index (χ1v) is 22.7. The Hall–Kier alpha value is -8.01. The lowest BCUT2D eigenvalue weighted by molar-refractivity contribution is 0.897. The van der Waals surface area contributed by atoms with Crippen LogP contribution >= 0.6 is 0 Å². The van der Waals surface area contributed by atoms with Gasteiger partial charge in [0.25, 0.3) is 0 Å². The maximum absolute atomic E-state index is 9.98. The molecule has 3 heterocycles. The standard InChI is InChI=1S/C65H55N3/c1-46-36-60(37-47(2)65(46)56-22-13-6-14-23-56)61-42-64(55-20-11-5-12-21-55)68-45-59(61)33-30-52-39-50(28-26-48-31-34-62(66-43-48)54-18-9-4-10-19-54)38-51(40-52)29-27-49-32-35-63(67-44-49)58-25-15-24-57(41-58)53-16-7-3-8-17-53/h3-25,31-32,34-45H,26-30,33H2,1-2H3/i1D3,2D3,29D2,30D2,33D2. The summed E-state index contributed by atoms with van der Waals surface area (Å²) < 4.78 is 112. The van der Waals surface area contributed by atoms with Crippen molar-refractivity contribution in [3.8, 4) is 67.2 Å². The van der Waals surface area contributed by atoms with Gasteiger partial charge in [-0.25, -0.2) is 0 Å². The summed E-state index contributed by atoms with van der Waals surface area (Å²) in [5.74, 6) is 0. The van der Waals surface area contributed by atoms with Gasteiger partial charge in [0.05, 0.1) is 17.1 Å². The third kappa shape index (κ3) is 10.5. The summed E-state index contributed by atoms with van der Waals surface area (Å²) in [5.41, 5.74) is 8.09. The van der Waals surface area contributed by atoms with E-state index in [4.69, 9.17) is 18.2 Å². The van der Waals surface area contributed by atoms with Gasteiger partial charge >= 0.3 is 0 Å². The third-order valence-corrected chi connectivity index (χ3v) is 12.0. The zero-order valence-electron chi connectivity index (χ0n) is 49.3. The smallest absolute Gasteiger partial charge is 0.0708 e. The molecule has 10 rings (SSSR count). The second kappa shape index (κ2) is 20.7. The number of aromatic nitrogens is 3. The third-order valence-electron chi connectivity index (χ3n) is 12.0. The molecule has 0 unspecified atom stereocenters. The summed E-state index contributed by atoms with van der Waals surface area (Å²) in [5, 5.41) is 0. The molecule has 0 bridgehead atoms. The van der Waals surface area contributed by atoms with Crippen molar-refractivity contribution in [3.05, 3.63) is 269 Å². The number of aryl methyl sites for hydroxylation is 8. The Balaban J connectivity index is 1.07. The quantitative estimate of drug-likeness (QED) is 0.103. The van der Waals surface area contributed by atoms with Crippen LogP contribution in [0.3, 0.4) is 0 Å². The van der Waals surface area contributed by atoms with Crippen LogP contribution in [0.15, 0.2) is 225 Å². The average Bonchev–Trinajstić information content (AvgIpc) is 3.58. The minimum atomic E-state index is -2.99. The highest BCUT2D eigenvalue weighted by Crippen LogP contribution is 2.36. The number of benzene rings is 7. The van der Waals surface area contributed by atoms with Crippen LogP contribution in [0.25, 0.3) is 67.2 Å². The van der Waals surface area contributed by atoms with E-state index in [2.05, 4.69) is 11.1 Å². The number of rotatable bonds is 15. The van der Waals surface area contributed by atoms with Crippen molar-refractivity contribution in [1.82, 2.24) is 15.0 Å². The van der Waals surface area contributed by atoms with Gasteiger partial charge < -0.3 is 0 Å². The molecule has 10 aromatic rings. The Morgan fingerprint density at radius 2 is 0.838 bits per heavy atom. The largest absolute Gasteiger partial charge is 0.256 e. The molecule has 0 fully saturated rings. The molecule has 0 spiro atoms. The van der Waals surface area contributed by atoms with Gasteiger partial charge in [-0.2, -0.15) is 0 Å². The Morgan fingerprint density at radius 3 is 1.46 bits per heavy atom. The van der Waals surface area contributed by atoms with E-state index >= 15 is 0 Å². The minimum absolute atomic E-state index is 0.00783. The van der Waals surface area contributed by atoms with E-state index in [1.165, 1.54) is 24.4 Å². The van der Waals surface area contributed by atoms with E-state index in [0.717, 1.165) is 33.5 Å². The van der Waals surface area contributed by atoms with Crippen LogP contribution in [0.2, 0.25) is 0 Å². The summed E-state index contributed by atoms with van der Waals surface area (Å²) in [6.45, 7) is -5.68. The Morgan fingerprint density at radius 1 is 0.338 bits per heavy atom. The van der Waals surface area contributed by atoms with Crippen molar-refractivity contribution in [2.24, 2.45) is 0 Å². The first-order chi connectivity index (χ1) is 38.2. The van der Waals surface area contributed by atoms with E-state index in [1.54, 1.807) is 85.2 Å². The average molecular weight is 890 g/mol. The van der Waals surface area contributed by atoms with Crippen LogP contribution < -0.4 is 0 Å². The van der Waals surface area contributed by atoms with Gasteiger partial charge in [0.1, 0.15) is 0 Å². The van der Waals surface area contributed by atoms with Crippen molar-refractivity contribution in [1.29, 1.82) is 0 Å². The van der Waals surface area contributed by atoms with E-state index in [1.807, 2.05) is 109 Å². The second-order valence-electron chi connectivity index (χ2n) is 16.7. The highest BCUT2D eigenvalue weighted by atomic mass is 14.7. The molecular formula is C65H55N3. The van der Waals surface area contributed by atoms with Gasteiger partial charge in [-0.15, -0.1) is 0 Å². The van der Waals surface area contributed by atoms with Crippen molar-refractivity contribution in [3.63, 3.8) is 0 Å². The molecule has 0 amide bonds. The number of pyridine rings is 3. The highest BCUT2D eigenvalue weighted by molar-refractivity contribution is 5.80. The molecule has 3 nitrogen and oxygen atoms in total. The number of hydrogen-bond donors (Lipinski definition) is 0. The Labute approximate surface area is 418 Å². The Kier molecular flexibility index (Phi) is 9.67. The fourth-order valence-electron chi connectivity index (χ4n) is 8.46. The second-order valence-corrected chi connectivity index (χ2v) is 16.7. The molecule has 0 aliphatic rings. The van der Waals surface area contributed by atoms with Gasteiger partial charge in [0.15, 0.2) is 0 Å². The van der Waals surface area contributed by atoms with Gasteiger partial charge in [-0.1, -0.05) is 182 Å². The van der Waals surface area contributed by atoms with Crippen molar-refractivity contribution in [2.45, 2.75) is 52.1 Å². The molecular weight excluding hydrogens is 823 g/mol. The molecule has 3 heteroatoms. The van der Waals surface area contributed by atoms with Gasteiger partial charge in [0.2, 0.25) is 0 Å². The molecule has 0 radical (unpaired) electrons. The molecule has 0 aliphatic carbocycles. The predicted molar refractivity (Wildman–Crippen MR) is 283 cm³/mol. The summed E-state index contributed by atoms with van der Waals surface area (Å²) in [7, 11) is 0. The van der Waals surface area contributed by atoms with Crippen LogP contribution in [0.1, 0.15) is 61.0 Å². The van der Waals surface area contributed by atoms with Crippen molar-refractivity contribution >= 4 is 0 Å². The molecule has 7 aromatic carbocycles. The minimum Gasteiger partial charge on any atom is -0.256 e. The molecule has 3 aromatic heterocycles. The van der Waals surface area contributed by atoms with Gasteiger partial charge in [-0.3, -0.25) is 15.0 Å². The van der Waals surface area contributed by atoms with Crippen LogP contribution in [0.4, 0.5) is 0 Å². The summed E-state index contributed by atoms with van der Waals surface area (Å²) >= 11 is 0. The summed E-state index contributed by atoms with van der Waals surface area (Å²) in [6, 6.07) is 61.8. The SMILES string of the molecule is [2H]C([2H])([2H])c1cc(-c2cc(-c3ccccc3)ncc2C([2H])([2H])C([2H])([2H])c2cc(CCc3ccc(-c4ccccc4)nc3)cc(C([2H])([2H])Cc3ccc(-c4cccc(-c5ccccc5)c4)nc3)c2)cc(C([2H])([2H])[2H])c1-c1ccccc1. The molecule has 0 atom stereocenters. The fraction of sp³-hybridized carbons (Fsp3) is 0.123. The molecule has 68 heavy (non-hydrogen) atoms. The van der Waals surface area contributed by atoms with E-state index in [-0.39, 0.29) is 50.9 Å². The van der Waals surface area contributed by atoms with E-state index < -0.39 is 32.8 Å². The monoisotopic (exact) mass is 890 g/mol. The lowest BCUT2D eigenvalue weighted by atomic mass is 9.88. The van der Waals surface area contributed by atoms with E-state index in [0.29, 0.717) is 46.5 Å². The topological polar surface area (TPSA) is 38.7 Å². The predicted octanol–water partition coefficient (Wildman–Crippen LogP) is 15.8. The first kappa shape index (κ1) is 31.8. The highest BCUT2D eigenvalue weighted by Gasteiger charge is 2.15. The summed E-state index contributed by atoms with van der Waals surface area (Å²) in [4.78, 5) is 14.1. The molecule has 0 saturated carbocycles. The maximum Gasteiger partial charge on any atom is 0.0708 e. The molecule has 330 valence electrons.